The second kappa shape index (κ2) is 69.6. The van der Waals surface area contributed by atoms with Crippen molar-refractivity contribution in [2.45, 2.75) is 367 Å². The molecule has 9 nitrogen and oxygen atoms in total. The molecule has 512 valence electrons. The molecule has 0 saturated carbocycles. The van der Waals surface area contributed by atoms with Crippen molar-refractivity contribution in [1.29, 1.82) is 0 Å². The van der Waals surface area contributed by atoms with E-state index >= 15 is 0 Å². The Kier molecular flexibility index (Phi) is 67.0. The lowest BCUT2D eigenvalue weighted by atomic mass is 10.0. The number of carboxylic acid groups (broad SMARTS) is 1. The Morgan fingerprint density at radius 3 is 0.966 bits per heavy atom. The first-order valence-corrected chi connectivity index (χ1v) is 37.6. The van der Waals surface area contributed by atoms with E-state index in [1.165, 1.54) is 250 Å². The van der Waals surface area contributed by atoms with Crippen LogP contribution in [0, 0.1) is 0 Å². The SMILES string of the molecule is CC/C=C\C/C=C\C/C=C\C/C=C\C/C=C\C/C=C\CCCCCCCCCCCCCCCCCCCCCCCCC(=O)OC(COC(=O)CCCCCCCCCCCCCCCCCCCCCCCC)COC(OCC[N+](C)(C)C)C(=O)O. The first kappa shape index (κ1) is 84.7. The van der Waals surface area contributed by atoms with Crippen LogP contribution >= 0.6 is 0 Å². The highest BCUT2D eigenvalue weighted by molar-refractivity contribution is 5.71. The number of allylic oxidation sites excluding steroid dienone is 12. The Labute approximate surface area is 545 Å². The molecule has 0 rings (SSSR count). The number of ether oxygens (including phenoxy) is 4. The van der Waals surface area contributed by atoms with Crippen molar-refractivity contribution in [3.05, 3.63) is 72.9 Å². The molecule has 0 saturated heterocycles. The van der Waals surface area contributed by atoms with Gasteiger partial charge in [-0.3, -0.25) is 9.59 Å². The van der Waals surface area contributed by atoms with Crippen LogP contribution in [0.2, 0.25) is 0 Å². The summed E-state index contributed by atoms with van der Waals surface area (Å²) in [6.07, 6.45) is 90.4. The lowest BCUT2D eigenvalue weighted by molar-refractivity contribution is -0.870. The molecule has 0 spiro atoms. The van der Waals surface area contributed by atoms with Crippen molar-refractivity contribution in [2.75, 3.05) is 47.5 Å². The molecule has 2 unspecified atom stereocenters. The Morgan fingerprint density at radius 1 is 0.352 bits per heavy atom. The van der Waals surface area contributed by atoms with Crippen LogP contribution in [-0.4, -0.2) is 87.4 Å². The summed E-state index contributed by atoms with van der Waals surface area (Å²) < 4.78 is 23.0. The van der Waals surface area contributed by atoms with Crippen molar-refractivity contribution < 1.29 is 42.9 Å². The van der Waals surface area contributed by atoms with Crippen LogP contribution in [0.4, 0.5) is 0 Å². The van der Waals surface area contributed by atoms with Gasteiger partial charge in [-0.1, -0.05) is 350 Å². The molecule has 0 aliphatic rings. The molecule has 0 amide bonds. The summed E-state index contributed by atoms with van der Waals surface area (Å²) in [5.41, 5.74) is 0. The Bertz CT molecular complexity index is 1680. The smallest absolute Gasteiger partial charge is 0.361 e. The summed E-state index contributed by atoms with van der Waals surface area (Å²) >= 11 is 0. The number of quaternary nitrogens is 1. The fourth-order valence-electron chi connectivity index (χ4n) is 11.0. The second-order valence-electron chi connectivity index (χ2n) is 26.6. The molecule has 1 N–H and O–H groups in total. The monoisotopic (exact) mass is 1240 g/mol. The molecule has 0 aliphatic carbocycles. The first-order valence-electron chi connectivity index (χ1n) is 37.6. The van der Waals surface area contributed by atoms with Crippen LogP contribution in [0.5, 0.6) is 0 Å². The minimum Gasteiger partial charge on any atom is -0.477 e. The number of hydrogen-bond acceptors (Lipinski definition) is 7. The lowest BCUT2D eigenvalue weighted by Gasteiger charge is -2.25. The van der Waals surface area contributed by atoms with Crippen molar-refractivity contribution in [1.82, 2.24) is 0 Å². The van der Waals surface area contributed by atoms with Gasteiger partial charge < -0.3 is 28.5 Å². The molecular formula is C79H144NO8+. The highest BCUT2D eigenvalue weighted by Gasteiger charge is 2.25. The predicted octanol–water partition coefficient (Wildman–Crippen LogP) is 23.6. The van der Waals surface area contributed by atoms with E-state index in [0.717, 1.165) is 77.0 Å². The van der Waals surface area contributed by atoms with E-state index in [-0.39, 0.29) is 38.2 Å². The molecule has 9 heteroatoms. The maximum Gasteiger partial charge on any atom is 0.361 e. The number of nitrogens with zero attached hydrogens (tertiary/aromatic N) is 1. The number of carboxylic acids is 1. The van der Waals surface area contributed by atoms with Crippen LogP contribution in [0.1, 0.15) is 354 Å². The Balaban J connectivity index is 3.97. The third-order valence-corrected chi connectivity index (χ3v) is 16.7. The molecule has 0 fully saturated rings. The summed E-state index contributed by atoms with van der Waals surface area (Å²) in [5.74, 6) is -1.98. The zero-order chi connectivity index (χ0) is 64.0. The number of carbonyl (C=O) groups is 3. The summed E-state index contributed by atoms with van der Waals surface area (Å²) in [5, 5.41) is 9.75. The number of hydrogen-bond donors (Lipinski definition) is 1. The maximum absolute atomic E-state index is 13.0. The molecule has 0 aromatic rings. The fraction of sp³-hybridized carbons (Fsp3) is 0.810. The van der Waals surface area contributed by atoms with Crippen LogP contribution in [0.15, 0.2) is 72.9 Å². The third kappa shape index (κ3) is 70.2. The van der Waals surface area contributed by atoms with Gasteiger partial charge >= 0.3 is 17.9 Å². The lowest BCUT2D eigenvalue weighted by Crippen LogP contribution is -2.40. The van der Waals surface area contributed by atoms with Crippen LogP contribution in [0.25, 0.3) is 0 Å². The standard InChI is InChI=1S/C79H143NO8/c1-6-8-10-12-14-16-18-20-22-24-26-28-30-31-32-33-34-35-36-37-38-39-40-41-42-43-44-45-46-47-48-50-52-54-56-58-60-62-64-66-68-70-77(82)88-75(74-87-79(78(83)84)85-72-71-80(3,4)5)73-86-76(81)69-67-65-63-61-59-57-55-53-51-49-29-27-25-23-21-19-17-15-13-11-9-7-2/h8,10,14,16,20,22,26,28,31-32,34-35,75,79H,6-7,9,11-13,15,17-19,21,23-25,27,29-30,33,36-74H2,1-5H3/p+1/b10-8-,16-14-,22-20-,28-26-,32-31-,35-34-. The quantitative estimate of drug-likeness (QED) is 0.0211. The highest BCUT2D eigenvalue weighted by atomic mass is 16.7. The largest absolute Gasteiger partial charge is 0.477 e. The van der Waals surface area contributed by atoms with Crippen molar-refractivity contribution >= 4 is 17.9 Å². The number of aliphatic carboxylic acids is 1. The molecule has 0 heterocycles. The van der Waals surface area contributed by atoms with Crippen molar-refractivity contribution in [2.24, 2.45) is 0 Å². The molecule has 0 bridgehead atoms. The Morgan fingerprint density at radius 2 is 0.648 bits per heavy atom. The summed E-state index contributed by atoms with van der Waals surface area (Å²) in [6.45, 7) is 4.83. The van der Waals surface area contributed by atoms with E-state index in [0.29, 0.717) is 17.4 Å². The van der Waals surface area contributed by atoms with Gasteiger partial charge in [-0.15, -0.1) is 0 Å². The third-order valence-electron chi connectivity index (χ3n) is 16.7. The zero-order valence-corrected chi connectivity index (χ0v) is 58.6. The van der Waals surface area contributed by atoms with E-state index in [1.807, 2.05) is 21.1 Å². The molecule has 0 radical (unpaired) electrons. The number of rotatable bonds is 70. The summed E-state index contributed by atoms with van der Waals surface area (Å²) in [4.78, 5) is 37.6. The zero-order valence-electron chi connectivity index (χ0n) is 58.6. The van der Waals surface area contributed by atoms with E-state index in [4.69, 9.17) is 18.9 Å². The van der Waals surface area contributed by atoms with Gasteiger partial charge in [0, 0.05) is 12.8 Å². The van der Waals surface area contributed by atoms with Gasteiger partial charge in [0.2, 0.25) is 0 Å². The van der Waals surface area contributed by atoms with Gasteiger partial charge in [0.15, 0.2) is 6.10 Å². The molecule has 0 aromatic heterocycles. The fourth-order valence-corrected chi connectivity index (χ4v) is 11.0. The van der Waals surface area contributed by atoms with Gasteiger partial charge in [-0.25, -0.2) is 4.79 Å². The number of carbonyl (C=O) groups excluding carboxylic acids is 2. The average molecular weight is 1240 g/mol. The van der Waals surface area contributed by atoms with Gasteiger partial charge in [-0.05, 0) is 64.2 Å². The van der Waals surface area contributed by atoms with Crippen LogP contribution < -0.4 is 0 Å². The van der Waals surface area contributed by atoms with E-state index < -0.39 is 18.4 Å². The van der Waals surface area contributed by atoms with Gasteiger partial charge in [0.1, 0.15) is 13.2 Å². The second-order valence-corrected chi connectivity index (χ2v) is 26.6. The van der Waals surface area contributed by atoms with Crippen LogP contribution in [-0.2, 0) is 33.3 Å². The molecule has 88 heavy (non-hydrogen) atoms. The summed E-state index contributed by atoms with van der Waals surface area (Å²) in [7, 11) is 5.99. The molecule has 2 atom stereocenters. The Hall–Kier alpha value is -3.27. The summed E-state index contributed by atoms with van der Waals surface area (Å²) in [6, 6.07) is 0. The maximum atomic E-state index is 13.0. The number of esters is 2. The topological polar surface area (TPSA) is 108 Å². The minimum atomic E-state index is -1.51. The normalized spacial score (nSPS) is 13.1. The number of unbranched alkanes of at least 4 members (excludes halogenated alkanes) is 43. The predicted molar refractivity (Wildman–Crippen MR) is 378 cm³/mol. The minimum absolute atomic E-state index is 0.176. The van der Waals surface area contributed by atoms with E-state index in [9.17, 15) is 19.5 Å². The van der Waals surface area contributed by atoms with Crippen molar-refractivity contribution in [3.63, 3.8) is 0 Å². The van der Waals surface area contributed by atoms with Crippen molar-refractivity contribution in [3.8, 4) is 0 Å². The van der Waals surface area contributed by atoms with Gasteiger partial charge in [0.05, 0.1) is 34.4 Å². The van der Waals surface area contributed by atoms with E-state index in [2.05, 4.69) is 86.8 Å². The molecule has 0 aliphatic heterocycles. The van der Waals surface area contributed by atoms with Crippen LogP contribution in [0.3, 0.4) is 0 Å². The first-order chi connectivity index (χ1) is 43.1. The van der Waals surface area contributed by atoms with E-state index in [1.54, 1.807) is 0 Å². The molecule has 0 aromatic carbocycles. The average Bonchev–Trinajstić information content (AvgIpc) is 3.55. The van der Waals surface area contributed by atoms with Gasteiger partial charge in [-0.2, -0.15) is 0 Å². The number of likely N-dealkylation sites (N-methyl/N-ethyl adjacent to an activating group) is 1. The van der Waals surface area contributed by atoms with Gasteiger partial charge in [0.25, 0.3) is 6.29 Å². The molecular weight excluding hydrogens is 1090 g/mol. The highest BCUT2D eigenvalue weighted by Crippen LogP contribution is 2.19.